The van der Waals surface area contributed by atoms with Crippen molar-refractivity contribution >= 4 is 37.9 Å². The van der Waals surface area contributed by atoms with E-state index >= 15 is 0 Å². The van der Waals surface area contributed by atoms with Crippen LogP contribution in [0.4, 0.5) is 0 Å². The highest BCUT2D eigenvalue weighted by Gasteiger charge is 2.03. The van der Waals surface area contributed by atoms with E-state index in [0.717, 1.165) is 5.56 Å². The molecule has 0 aliphatic rings. The standard InChI is InChI=1S/C9H7Br2N3O/c10-7-4-6(2-1-3-13-14-12)5-8(11)9(7)15/h1-2,4-5,15H,3H2. The highest BCUT2D eigenvalue weighted by Crippen LogP contribution is 2.33. The Morgan fingerprint density at radius 1 is 1.40 bits per heavy atom. The van der Waals surface area contributed by atoms with Crippen LogP contribution in [0.3, 0.4) is 0 Å². The molecular formula is C9H7Br2N3O. The molecule has 0 amide bonds. The molecule has 0 fully saturated rings. The second kappa shape index (κ2) is 5.80. The Morgan fingerprint density at radius 3 is 2.53 bits per heavy atom. The predicted octanol–water partition coefficient (Wildman–Crippen LogP) is 4.24. The second-order valence-electron chi connectivity index (χ2n) is 2.65. The molecule has 0 aromatic heterocycles. The van der Waals surface area contributed by atoms with E-state index in [-0.39, 0.29) is 5.75 Å². The molecule has 1 rings (SSSR count). The quantitative estimate of drug-likeness (QED) is 0.502. The van der Waals surface area contributed by atoms with Crippen LogP contribution in [-0.4, -0.2) is 11.7 Å². The minimum absolute atomic E-state index is 0.169. The van der Waals surface area contributed by atoms with E-state index in [9.17, 15) is 5.11 Å². The Kier molecular flexibility index (Phi) is 4.68. The maximum Gasteiger partial charge on any atom is 0.143 e. The average Bonchev–Trinajstić information content (AvgIpc) is 2.21. The van der Waals surface area contributed by atoms with Crippen LogP contribution < -0.4 is 0 Å². The van der Waals surface area contributed by atoms with E-state index < -0.39 is 0 Å². The van der Waals surface area contributed by atoms with Crippen molar-refractivity contribution in [2.45, 2.75) is 0 Å². The van der Waals surface area contributed by atoms with Gasteiger partial charge in [-0.3, -0.25) is 0 Å². The molecule has 0 atom stereocenters. The molecule has 0 aliphatic carbocycles. The summed E-state index contributed by atoms with van der Waals surface area (Å²) in [6.45, 7) is 0.312. The minimum atomic E-state index is 0.169. The molecule has 0 radical (unpaired) electrons. The molecule has 0 bridgehead atoms. The lowest BCUT2D eigenvalue weighted by atomic mass is 10.2. The number of hydrogen-bond donors (Lipinski definition) is 1. The van der Waals surface area contributed by atoms with Gasteiger partial charge >= 0.3 is 0 Å². The van der Waals surface area contributed by atoms with Gasteiger partial charge in [0.15, 0.2) is 0 Å². The van der Waals surface area contributed by atoms with Crippen LogP contribution in [0.2, 0.25) is 0 Å². The summed E-state index contributed by atoms with van der Waals surface area (Å²) in [5, 5.41) is 12.8. The number of aromatic hydroxyl groups is 1. The SMILES string of the molecule is [N-]=[N+]=NCC=Cc1cc(Br)c(O)c(Br)c1. The van der Waals surface area contributed by atoms with Gasteiger partial charge in [-0.1, -0.05) is 17.3 Å². The zero-order valence-corrected chi connectivity index (χ0v) is 10.7. The van der Waals surface area contributed by atoms with E-state index in [1.54, 1.807) is 18.2 Å². The summed E-state index contributed by atoms with van der Waals surface area (Å²) in [4.78, 5) is 2.63. The van der Waals surface area contributed by atoms with Gasteiger partial charge in [-0.25, -0.2) is 0 Å². The monoisotopic (exact) mass is 331 g/mol. The summed E-state index contributed by atoms with van der Waals surface area (Å²) in [5.74, 6) is 0.169. The smallest absolute Gasteiger partial charge is 0.143 e. The summed E-state index contributed by atoms with van der Waals surface area (Å²) in [7, 11) is 0. The highest BCUT2D eigenvalue weighted by atomic mass is 79.9. The van der Waals surface area contributed by atoms with E-state index in [4.69, 9.17) is 5.53 Å². The third-order valence-corrected chi connectivity index (χ3v) is 2.81. The van der Waals surface area contributed by atoms with Gasteiger partial charge < -0.3 is 5.11 Å². The van der Waals surface area contributed by atoms with Crippen molar-refractivity contribution in [2.24, 2.45) is 5.11 Å². The maximum atomic E-state index is 9.46. The van der Waals surface area contributed by atoms with Gasteiger partial charge in [-0.05, 0) is 55.1 Å². The van der Waals surface area contributed by atoms with Crippen molar-refractivity contribution in [1.82, 2.24) is 0 Å². The zero-order chi connectivity index (χ0) is 11.3. The van der Waals surface area contributed by atoms with Gasteiger partial charge in [0.2, 0.25) is 0 Å². The van der Waals surface area contributed by atoms with Crippen LogP contribution in [0.15, 0.2) is 32.3 Å². The topological polar surface area (TPSA) is 69.0 Å². The summed E-state index contributed by atoms with van der Waals surface area (Å²) in [6, 6.07) is 3.54. The number of phenolic OH excluding ortho intramolecular Hbond substituents is 1. The normalized spacial score (nSPS) is 10.3. The molecule has 0 saturated heterocycles. The molecule has 0 heterocycles. The zero-order valence-electron chi connectivity index (χ0n) is 7.56. The fourth-order valence-corrected chi connectivity index (χ4v) is 2.18. The average molecular weight is 333 g/mol. The fourth-order valence-electron chi connectivity index (χ4n) is 0.954. The van der Waals surface area contributed by atoms with Gasteiger partial charge in [0.05, 0.1) is 8.95 Å². The first-order chi connectivity index (χ1) is 7.15. The summed E-state index contributed by atoms with van der Waals surface area (Å²) >= 11 is 6.45. The fraction of sp³-hybridized carbons (Fsp3) is 0.111. The molecule has 15 heavy (non-hydrogen) atoms. The molecule has 0 unspecified atom stereocenters. The van der Waals surface area contributed by atoms with E-state index in [2.05, 4.69) is 41.9 Å². The lowest BCUT2D eigenvalue weighted by Gasteiger charge is -2.01. The van der Waals surface area contributed by atoms with Crippen molar-refractivity contribution in [2.75, 3.05) is 6.54 Å². The minimum Gasteiger partial charge on any atom is -0.506 e. The molecular weight excluding hydrogens is 326 g/mol. The number of phenols is 1. The third kappa shape index (κ3) is 3.58. The van der Waals surface area contributed by atoms with Crippen LogP contribution >= 0.6 is 31.9 Å². The van der Waals surface area contributed by atoms with Crippen molar-refractivity contribution in [1.29, 1.82) is 0 Å². The Bertz CT molecular complexity index is 416. The van der Waals surface area contributed by atoms with Crippen molar-refractivity contribution in [3.63, 3.8) is 0 Å². The van der Waals surface area contributed by atoms with Crippen LogP contribution in [-0.2, 0) is 0 Å². The summed E-state index contributed by atoms with van der Waals surface area (Å²) in [5.41, 5.74) is 8.97. The van der Waals surface area contributed by atoms with E-state index in [1.165, 1.54) is 0 Å². The molecule has 0 saturated carbocycles. The summed E-state index contributed by atoms with van der Waals surface area (Å²) < 4.78 is 1.22. The molecule has 4 nitrogen and oxygen atoms in total. The first kappa shape index (κ1) is 12.1. The Morgan fingerprint density at radius 2 is 2.00 bits per heavy atom. The molecule has 0 aliphatic heterocycles. The largest absolute Gasteiger partial charge is 0.506 e. The Labute approximate surface area is 103 Å². The van der Waals surface area contributed by atoms with E-state index in [1.807, 2.05) is 6.08 Å². The number of azide groups is 1. The van der Waals surface area contributed by atoms with Gasteiger partial charge in [0, 0.05) is 11.5 Å². The summed E-state index contributed by atoms with van der Waals surface area (Å²) in [6.07, 6.45) is 3.55. The third-order valence-electron chi connectivity index (χ3n) is 1.60. The molecule has 0 spiro atoms. The first-order valence-corrected chi connectivity index (χ1v) is 5.59. The second-order valence-corrected chi connectivity index (χ2v) is 4.36. The first-order valence-electron chi connectivity index (χ1n) is 4.00. The van der Waals surface area contributed by atoms with Gasteiger partial charge in [0.25, 0.3) is 0 Å². The molecule has 78 valence electrons. The molecule has 6 heteroatoms. The van der Waals surface area contributed by atoms with Crippen molar-refractivity contribution in [3.05, 3.63) is 43.2 Å². The van der Waals surface area contributed by atoms with Crippen LogP contribution in [0.25, 0.3) is 16.5 Å². The van der Waals surface area contributed by atoms with Gasteiger partial charge in [-0.15, -0.1) is 0 Å². The van der Waals surface area contributed by atoms with Gasteiger partial charge in [0.1, 0.15) is 5.75 Å². The highest BCUT2D eigenvalue weighted by molar-refractivity contribution is 9.11. The van der Waals surface area contributed by atoms with Crippen LogP contribution in [0.1, 0.15) is 5.56 Å². The molecule has 1 aromatic carbocycles. The number of nitrogens with zero attached hydrogens (tertiary/aromatic N) is 3. The lowest BCUT2D eigenvalue weighted by molar-refractivity contribution is 0.468. The Balaban J connectivity index is 2.87. The Hall–Kier alpha value is -0.970. The maximum absolute atomic E-state index is 9.46. The predicted molar refractivity (Wildman–Crippen MR) is 66.6 cm³/mol. The molecule has 1 N–H and O–H groups in total. The number of halogens is 2. The van der Waals surface area contributed by atoms with Crippen LogP contribution in [0, 0.1) is 0 Å². The van der Waals surface area contributed by atoms with Gasteiger partial charge in [-0.2, -0.15) is 0 Å². The molecule has 1 aromatic rings. The number of hydrogen-bond acceptors (Lipinski definition) is 2. The van der Waals surface area contributed by atoms with Crippen molar-refractivity contribution in [3.8, 4) is 5.75 Å². The van der Waals surface area contributed by atoms with E-state index in [0.29, 0.717) is 15.5 Å². The lowest BCUT2D eigenvalue weighted by Crippen LogP contribution is -1.77. The van der Waals surface area contributed by atoms with Crippen LogP contribution in [0.5, 0.6) is 5.75 Å². The number of benzene rings is 1. The van der Waals surface area contributed by atoms with Crippen molar-refractivity contribution < 1.29 is 5.11 Å². The number of rotatable bonds is 3.